The van der Waals surface area contributed by atoms with E-state index in [0.717, 1.165) is 12.8 Å². The molecule has 2 aromatic rings. The predicted octanol–water partition coefficient (Wildman–Crippen LogP) is 4.60. The minimum atomic E-state index is -2.98. The van der Waals surface area contributed by atoms with Gasteiger partial charge in [0.25, 0.3) is 5.92 Å². The highest BCUT2D eigenvalue weighted by atomic mass is 35.5. The second kappa shape index (κ2) is 7.44. The maximum Gasteiger partial charge on any atom is 0.410 e. The zero-order valence-electron chi connectivity index (χ0n) is 17.2. The Kier molecular flexibility index (Phi) is 5.20. The van der Waals surface area contributed by atoms with E-state index in [1.54, 1.807) is 11.1 Å². The standard InChI is InChI=1S/C20H24ClF2N5O2/c1-19(2,3)30-18(29)27-8-5-13(6-9-27)28-11-12(10-24-28)15-14-4-7-20(22,23)16(14)26-17(21)25-15/h10-11,13H,4-9H2,1-3H3. The Hall–Kier alpha value is -2.29. The Morgan fingerprint density at radius 1 is 1.27 bits per heavy atom. The molecule has 0 spiro atoms. The van der Waals surface area contributed by atoms with Crippen LogP contribution in [0.3, 0.4) is 0 Å². The highest BCUT2D eigenvalue weighted by molar-refractivity contribution is 6.28. The number of hydrogen-bond acceptors (Lipinski definition) is 5. The van der Waals surface area contributed by atoms with Crippen LogP contribution in [0.25, 0.3) is 11.3 Å². The van der Waals surface area contributed by atoms with E-state index in [4.69, 9.17) is 16.3 Å². The van der Waals surface area contributed by atoms with Gasteiger partial charge < -0.3 is 9.64 Å². The quantitative estimate of drug-likeness (QED) is 0.639. The molecule has 0 radical (unpaired) electrons. The van der Waals surface area contributed by atoms with Gasteiger partial charge in [-0.15, -0.1) is 0 Å². The number of rotatable bonds is 2. The predicted molar refractivity (Wildman–Crippen MR) is 107 cm³/mol. The van der Waals surface area contributed by atoms with Crippen molar-refractivity contribution in [3.05, 3.63) is 28.9 Å². The molecule has 2 aliphatic rings. The van der Waals surface area contributed by atoms with Crippen LogP contribution in [0.15, 0.2) is 12.4 Å². The van der Waals surface area contributed by atoms with Gasteiger partial charge in [-0.05, 0) is 51.6 Å². The summed E-state index contributed by atoms with van der Waals surface area (Å²) in [5.41, 5.74) is 0.683. The number of nitrogens with zero attached hydrogens (tertiary/aromatic N) is 5. The number of likely N-dealkylation sites (tertiary alicyclic amines) is 1. The zero-order valence-corrected chi connectivity index (χ0v) is 17.9. The number of halogens is 3. The molecule has 1 aliphatic carbocycles. The number of carbonyl (C=O) groups is 1. The number of carbonyl (C=O) groups excluding carboxylic acids is 1. The first-order valence-corrected chi connectivity index (χ1v) is 10.4. The van der Waals surface area contributed by atoms with Crippen LogP contribution in [-0.2, 0) is 17.1 Å². The highest BCUT2D eigenvalue weighted by Crippen LogP contribution is 2.44. The van der Waals surface area contributed by atoms with E-state index in [1.165, 1.54) is 0 Å². The van der Waals surface area contributed by atoms with Crippen molar-refractivity contribution < 1.29 is 18.3 Å². The molecule has 1 aliphatic heterocycles. The molecular weight excluding hydrogens is 416 g/mol. The molecule has 162 valence electrons. The third-order valence-corrected chi connectivity index (χ3v) is 5.55. The van der Waals surface area contributed by atoms with Crippen molar-refractivity contribution in [2.45, 2.75) is 64.0 Å². The summed E-state index contributed by atoms with van der Waals surface area (Å²) in [6, 6.07) is 0.101. The van der Waals surface area contributed by atoms with Crippen LogP contribution >= 0.6 is 11.6 Å². The monoisotopic (exact) mass is 439 g/mol. The van der Waals surface area contributed by atoms with Gasteiger partial charge in [-0.1, -0.05) is 0 Å². The lowest BCUT2D eigenvalue weighted by Crippen LogP contribution is -2.42. The number of amides is 1. The van der Waals surface area contributed by atoms with Crippen molar-refractivity contribution in [1.29, 1.82) is 0 Å². The second-order valence-electron chi connectivity index (χ2n) is 8.78. The third-order valence-electron chi connectivity index (χ3n) is 5.38. The maximum absolute atomic E-state index is 14.1. The molecular formula is C20H24ClF2N5O2. The largest absolute Gasteiger partial charge is 0.444 e. The number of hydrogen-bond donors (Lipinski definition) is 0. The van der Waals surface area contributed by atoms with Crippen molar-refractivity contribution in [3.63, 3.8) is 0 Å². The van der Waals surface area contributed by atoms with E-state index in [-0.39, 0.29) is 36.0 Å². The molecule has 0 aromatic carbocycles. The lowest BCUT2D eigenvalue weighted by atomic mass is 10.1. The number of piperidine rings is 1. The maximum atomic E-state index is 14.1. The van der Waals surface area contributed by atoms with E-state index in [9.17, 15) is 13.6 Å². The van der Waals surface area contributed by atoms with Crippen LogP contribution in [0.2, 0.25) is 5.28 Å². The average Bonchev–Trinajstić information content (AvgIpc) is 3.25. The lowest BCUT2D eigenvalue weighted by Gasteiger charge is -2.33. The first-order valence-electron chi connectivity index (χ1n) is 10.0. The fourth-order valence-corrected chi connectivity index (χ4v) is 4.10. The summed E-state index contributed by atoms with van der Waals surface area (Å²) in [5, 5.41) is 4.24. The minimum Gasteiger partial charge on any atom is -0.444 e. The van der Waals surface area contributed by atoms with Crippen LogP contribution < -0.4 is 0 Å². The summed E-state index contributed by atoms with van der Waals surface area (Å²) < 4.78 is 35.4. The second-order valence-corrected chi connectivity index (χ2v) is 9.12. The van der Waals surface area contributed by atoms with E-state index in [2.05, 4.69) is 15.1 Å². The zero-order chi connectivity index (χ0) is 21.7. The summed E-state index contributed by atoms with van der Waals surface area (Å²) in [6.45, 7) is 6.66. The molecule has 3 heterocycles. The fourth-order valence-electron chi connectivity index (χ4n) is 3.93. The third kappa shape index (κ3) is 4.12. The molecule has 0 saturated carbocycles. The van der Waals surface area contributed by atoms with Crippen LogP contribution in [0.1, 0.15) is 57.3 Å². The average molecular weight is 440 g/mol. The highest BCUT2D eigenvalue weighted by Gasteiger charge is 2.43. The van der Waals surface area contributed by atoms with Crippen molar-refractivity contribution in [2.75, 3.05) is 13.1 Å². The van der Waals surface area contributed by atoms with Gasteiger partial charge in [-0.2, -0.15) is 13.9 Å². The van der Waals surface area contributed by atoms with Gasteiger partial charge in [0.1, 0.15) is 11.3 Å². The summed E-state index contributed by atoms with van der Waals surface area (Å²) in [6.07, 6.45) is 4.48. The first kappa shape index (κ1) is 21.0. The van der Waals surface area contributed by atoms with Crippen LogP contribution in [0, 0.1) is 0 Å². The molecule has 7 nitrogen and oxygen atoms in total. The van der Waals surface area contributed by atoms with E-state index >= 15 is 0 Å². The van der Waals surface area contributed by atoms with Gasteiger partial charge in [0.2, 0.25) is 5.28 Å². The SMILES string of the molecule is CC(C)(C)OC(=O)N1CCC(n2cc(-c3nc(Cl)nc4c3CCC4(F)F)cn2)CC1. The first-order chi connectivity index (χ1) is 14.0. The molecule has 30 heavy (non-hydrogen) atoms. The number of fused-ring (bicyclic) bond motifs is 1. The van der Waals surface area contributed by atoms with Gasteiger partial charge in [0.05, 0.1) is 17.9 Å². The van der Waals surface area contributed by atoms with E-state index in [0.29, 0.717) is 29.9 Å². The number of aromatic nitrogens is 4. The Morgan fingerprint density at radius 2 is 1.97 bits per heavy atom. The molecule has 4 rings (SSSR count). The molecule has 2 aromatic heterocycles. The normalized spacial score (nSPS) is 19.1. The summed E-state index contributed by atoms with van der Waals surface area (Å²) in [5.74, 6) is -2.98. The Morgan fingerprint density at radius 3 is 2.63 bits per heavy atom. The molecule has 1 fully saturated rings. The van der Waals surface area contributed by atoms with Crippen LogP contribution in [0.4, 0.5) is 13.6 Å². The Labute approximate surface area is 178 Å². The van der Waals surface area contributed by atoms with Crippen molar-refractivity contribution >= 4 is 17.7 Å². The fraction of sp³-hybridized carbons (Fsp3) is 0.600. The molecule has 1 saturated heterocycles. The number of ether oxygens (including phenoxy) is 1. The van der Waals surface area contributed by atoms with Gasteiger partial charge in [0, 0.05) is 36.8 Å². The molecule has 1 amide bonds. The smallest absolute Gasteiger partial charge is 0.410 e. The minimum absolute atomic E-state index is 0.101. The Balaban J connectivity index is 1.49. The van der Waals surface area contributed by atoms with Crippen LogP contribution in [0.5, 0.6) is 0 Å². The van der Waals surface area contributed by atoms with Crippen molar-refractivity contribution in [3.8, 4) is 11.3 Å². The molecule has 0 bridgehead atoms. The van der Waals surface area contributed by atoms with Crippen molar-refractivity contribution in [2.24, 2.45) is 0 Å². The number of alkyl halides is 2. The summed E-state index contributed by atoms with van der Waals surface area (Å²) >= 11 is 5.92. The Bertz CT molecular complexity index is 965. The van der Waals surface area contributed by atoms with Gasteiger partial charge >= 0.3 is 6.09 Å². The molecule has 0 unspecified atom stereocenters. The van der Waals surface area contributed by atoms with E-state index in [1.807, 2.05) is 31.6 Å². The topological polar surface area (TPSA) is 73.1 Å². The molecule has 0 N–H and O–H groups in total. The van der Waals surface area contributed by atoms with E-state index < -0.39 is 11.5 Å². The van der Waals surface area contributed by atoms with Gasteiger partial charge in [0.15, 0.2) is 0 Å². The van der Waals surface area contributed by atoms with Gasteiger partial charge in [-0.3, -0.25) is 4.68 Å². The summed E-state index contributed by atoms with van der Waals surface area (Å²) in [4.78, 5) is 21.9. The van der Waals surface area contributed by atoms with Crippen LogP contribution in [-0.4, -0.2) is 49.4 Å². The lowest BCUT2D eigenvalue weighted by molar-refractivity contribution is -0.00600. The van der Waals surface area contributed by atoms with Gasteiger partial charge in [-0.25, -0.2) is 14.8 Å². The van der Waals surface area contributed by atoms with Crippen molar-refractivity contribution in [1.82, 2.24) is 24.6 Å². The summed E-state index contributed by atoms with van der Waals surface area (Å²) in [7, 11) is 0. The molecule has 10 heteroatoms. The molecule has 0 atom stereocenters.